The van der Waals surface area contributed by atoms with Crippen LogP contribution in [-0.4, -0.2) is 21.8 Å². The molecule has 0 fully saturated rings. The van der Waals surface area contributed by atoms with Crippen molar-refractivity contribution in [3.8, 4) is 0 Å². The molecule has 2 aromatic carbocycles. The Hall–Kier alpha value is -4.06. The molecule has 0 saturated heterocycles. The number of carbonyl (C=O) groups is 2. The summed E-state index contributed by atoms with van der Waals surface area (Å²) in [6, 6.07) is 18.8. The van der Waals surface area contributed by atoms with Crippen LogP contribution in [0.2, 0.25) is 0 Å². The van der Waals surface area contributed by atoms with Crippen LogP contribution in [0, 0.1) is 27.7 Å². The molecule has 0 aliphatic carbocycles. The molecular formula is C29H32N4O2. The lowest BCUT2D eigenvalue weighted by molar-refractivity contribution is 0.101. The predicted octanol–water partition coefficient (Wildman–Crippen LogP) is 6.41. The molecule has 35 heavy (non-hydrogen) atoms. The highest BCUT2D eigenvalue weighted by Gasteiger charge is 2.34. The van der Waals surface area contributed by atoms with Gasteiger partial charge >= 0.3 is 0 Å². The number of carbonyl (C=O) groups excluding carboxylic acids is 2. The van der Waals surface area contributed by atoms with Gasteiger partial charge in [0.2, 0.25) is 0 Å². The van der Waals surface area contributed by atoms with Gasteiger partial charge < -0.3 is 20.6 Å². The van der Waals surface area contributed by atoms with Crippen molar-refractivity contribution in [2.75, 3.05) is 10.6 Å². The summed E-state index contributed by atoms with van der Waals surface area (Å²) < 4.78 is 0. The predicted molar refractivity (Wildman–Crippen MR) is 141 cm³/mol. The number of rotatable bonds is 6. The standard InChI is InChI=1S/C29H32N4O2/c1-17-19(3)25(32-23(17)27(34)30-21-13-9-7-10-14-21)29(5,6)26-20(4)18(2)24(33-26)28(35)31-22-15-11-8-12-16-22/h7-16,32-33H,1-6H3,(H,30,34)(H,31,35). The van der Waals surface area contributed by atoms with E-state index in [9.17, 15) is 9.59 Å². The van der Waals surface area contributed by atoms with E-state index in [-0.39, 0.29) is 11.8 Å². The van der Waals surface area contributed by atoms with Crippen molar-refractivity contribution in [2.24, 2.45) is 0 Å². The molecule has 4 N–H and O–H groups in total. The fraction of sp³-hybridized carbons (Fsp3) is 0.241. The van der Waals surface area contributed by atoms with Crippen LogP contribution in [0.25, 0.3) is 0 Å². The van der Waals surface area contributed by atoms with Crippen LogP contribution >= 0.6 is 0 Å². The fourth-order valence-electron chi connectivity index (χ4n) is 4.63. The van der Waals surface area contributed by atoms with E-state index in [0.29, 0.717) is 11.4 Å². The minimum atomic E-state index is -0.500. The molecule has 6 heteroatoms. The van der Waals surface area contributed by atoms with Gasteiger partial charge in [-0.15, -0.1) is 0 Å². The van der Waals surface area contributed by atoms with Gasteiger partial charge in [0, 0.05) is 28.2 Å². The van der Waals surface area contributed by atoms with Crippen molar-refractivity contribution in [3.63, 3.8) is 0 Å². The number of hydrogen-bond acceptors (Lipinski definition) is 2. The third-order valence-corrected chi connectivity index (χ3v) is 6.89. The van der Waals surface area contributed by atoms with Crippen molar-refractivity contribution in [2.45, 2.75) is 47.0 Å². The van der Waals surface area contributed by atoms with Gasteiger partial charge in [-0.1, -0.05) is 36.4 Å². The second kappa shape index (κ2) is 9.29. The molecular weight excluding hydrogens is 436 g/mol. The zero-order valence-corrected chi connectivity index (χ0v) is 21.1. The van der Waals surface area contributed by atoms with Crippen molar-refractivity contribution in [3.05, 3.63) is 106 Å². The van der Waals surface area contributed by atoms with Crippen molar-refractivity contribution in [1.29, 1.82) is 0 Å². The lowest BCUT2D eigenvalue weighted by Crippen LogP contribution is -2.23. The Morgan fingerprint density at radius 2 is 0.943 bits per heavy atom. The molecule has 0 atom stereocenters. The minimum absolute atomic E-state index is 0.179. The normalized spacial score (nSPS) is 11.4. The molecule has 180 valence electrons. The summed E-state index contributed by atoms with van der Waals surface area (Å²) in [5.74, 6) is -0.359. The zero-order valence-electron chi connectivity index (χ0n) is 21.1. The van der Waals surface area contributed by atoms with E-state index in [2.05, 4.69) is 34.4 Å². The summed E-state index contributed by atoms with van der Waals surface area (Å²) in [6.07, 6.45) is 0. The van der Waals surface area contributed by atoms with E-state index in [1.165, 1.54) is 0 Å². The number of H-pyrrole nitrogens is 2. The van der Waals surface area contributed by atoms with E-state index in [0.717, 1.165) is 45.0 Å². The third kappa shape index (κ3) is 4.52. The first-order chi connectivity index (χ1) is 16.6. The lowest BCUT2D eigenvalue weighted by atomic mass is 9.81. The molecule has 0 unspecified atom stereocenters. The van der Waals surface area contributed by atoms with Gasteiger partial charge in [0.05, 0.1) is 0 Å². The Bertz CT molecular complexity index is 1270. The minimum Gasteiger partial charge on any atom is -0.353 e. The Kier molecular flexibility index (Phi) is 6.39. The number of nitrogens with one attached hydrogen (secondary N) is 4. The summed E-state index contributed by atoms with van der Waals surface area (Å²) in [6.45, 7) is 12.2. The van der Waals surface area contributed by atoms with Gasteiger partial charge in [-0.05, 0) is 88.1 Å². The van der Waals surface area contributed by atoms with E-state index >= 15 is 0 Å². The van der Waals surface area contributed by atoms with Crippen molar-refractivity contribution in [1.82, 2.24) is 9.97 Å². The third-order valence-electron chi connectivity index (χ3n) is 6.89. The molecule has 0 spiro atoms. The van der Waals surface area contributed by atoms with Crippen LogP contribution in [0.1, 0.15) is 68.5 Å². The van der Waals surface area contributed by atoms with Crippen LogP contribution < -0.4 is 10.6 Å². The van der Waals surface area contributed by atoms with Crippen molar-refractivity contribution < 1.29 is 9.59 Å². The maximum atomic E-state index is 13.0. The molecule has 2 heterocycles. The molecule has 0 bridgehead atoms. The van der Waals surface area contributed by atoms with Crippen LogP contribution in [0.4, 0.5) is 11.4 Å². The first kappa shape index (κ1) is 24.1. The van der Waals surface area contributed by atoms with Gasteiger partial charge in [-0.2, -0.15) is 0 Å². The number of anilines is 2. The maximum Gasteiger partial charge on any atom is 0.272 e. The number of aromatic nitrogens is 2. The number of benzene rings is 2. The van der Waals surface area contributed by atoms with Crippen molar-refractivity contribution >= 4 is 23.2 Å². The molecule has 0 radical (unpaired) electrons. The molecule has 2 amide bonds. The summed E-state index contributed by atoms with van der Waals surface area (Å²) in [4.78, 5) is 32.9. The second-order valence-corrected chi connectivity index (χ2v) is 9.52. The van der Waals surface area contributed by atoms with E-state index < -0.39 is 5.41 Å². The Morgan fingerprint density at radius 1 is 0.600 bits per heavy atom. The topological polar surface area (TPSA) is 89.8 Å². The number of hydrogen-bond donors (Lipinski definition) is 4. The van der Waals surface area contributed by atoms with Crippen LogP contribution in [0.15, 0.2) is 60.7 Å². The van der Waals surface area contributed by atoms with Crippen LogP contribution in [-0.2, 0) is 5.41 Å². The second-order valence-electron chi connectivity index (χ2n) is 9.52. The molecule has 4 aromatic rings. The fourth-order valence-corrected chi connectivity index (χ4v) is 4.63. The highest BCUT2D eigenvalue weighted by Crippen LogP contribution is 2.38. The Balaban J connectivity index is 1.67. The smallest absolute Gasteiger partial charge is 0.272 e. The quantitative estimate of drug-likeness (QED) is 0.263. The maximum absolute atomic E-state index is 13.0. The van der Waals surface area contributed by atoms with Crippen LogP contribution in [0.3, 0.4) is 0 Å². The van der Waals surface area contributed by atoms with E-state index in [4.69, 9.17) is 0 Å². The highest BCUT2D eigenvalue weighted by molar-refractivity contribution is 6.05. The zero-order chi connectivity index (χ0) is 25.3. The molecule has 4 rings (SSSR count). The number of para-hydroxylation sites is 2. The van der Waals surface area contributed by atoms with Gasteiger partial charge in [-0.3, -0.25) is 9.59 Å². The molecule has 2 aromatic heterocycles. The monoisotopic (exact) mass is 468 g/mol. The van der Waals surface area contributed by atoms with Gasteiger partial charge in [0.1, 0.15) is 11.4 Å². The first-order valence-electron chi connectivity index (χ1n) is 11.7. The highest BCUT2D eigenvalue weighted by atomic mass is 16.2. The summed E-state index contributed by atoms with van der Waals surface area (Å²) in [5, 5.41) is 5.93. The van der Waals surface area contributed by atoms with Gasteiger partial charge in [-0.25, -0.2) is 0 Å². The lowest BCUT2D eigenvalue weighted by Gasteiger charge is -2.25. The Morgan fingerprint density at radius 3 is 1.29 bits per heavy atom. The average Bonchev–Trinajstić information content (AvgIpc) is 3.32. The van der Waals surface area contributed by atoms with E-state index in [1.807, 2.05) is 88.4 Å². The molecule has 0 aliphatic heterocycles. The molecule has 6 nitrogen and oxygen atoms in total. The first-order valence-corrected chi connectivity index (χ1v) is 11.7. The van der Waals surface area contributed by atoms with Crippen LogP contribution in [0.5, 0.6) is 0 Å². The summed E-state index contributed by atoms with van der Waals surface area (Å²) in [5.41, 5.74) is 7.80. The number of amides is 2. The SMILES string of the molecule is Cc1c(C(=O)Nc2ccccc2)[nH]c(C(C)(C)c2[nH]c(C(=O)Nc3ccccc3)c(C)c2C)c1C. The summed E-state index contributed by atoms with van der Waals surface area (Å²) in [7, 11) is 0. The molecule has 0 saturated carbocycles. The Labute approximate surface area is 206 Å². The summed E-state index contributed by atoms with van der Waals surface area (Å²) >= 11 is 0. The largest absolute Gasteiger partial charge is 0.353 e. The molecule has 0 aliphatic rings. The van der Waals surface area contributed by atoms with E-state index in [1.54, 1.807) is 0 Å². The average molecular weight is 469 g/mol. The van der Waals surface area contributed by atoms with Gasteiger partial charge in [0.15, 0.2) is 0 Å². The number of aromatic amines is 2. The van der Waals surface area contributed by atoms with Gasteiger partial charge in [0.25, 0.3) is 11.8 Å².